The quantitative estimate of drug-likeness (QED) is 0.111. The van der Waals surface area contributed by atoms with Crippen LogP contribution in [0.25, 0.3) is 40.2 Å². The minimum Gasteiger partial charge on any atom is -0.456 e. The van der Waals surface area contributed by atoms with Crippen molar-refractivity contribution in [2.24, 2.45) is 0 Å². The summed E-state index contributed by atoms with van der Waals surface area (Å²) in [6.45, 7) is 0. The minimum atomic E-state index is -6.00. The Balaban J connectivity index is 0.000000712. The van der Waals surface area contributed by atoms with E-state index < -0.39 is 7.25 Å². The van der Waals surface area contributed by atoms with Gasteiger partial charge in [0.2, 0.25) is 0 Å². The lowest BCUT2D eigenvalue weighted by Gasteiger charge is -2.18. The Kier molecular flexibility index (Phi) is 9.67. The van der Waals surface area contributed by atoms with Gasteiger partial charge in [0.25, 0.3) is 0 Å². The van der Waals surface area contributed by atoms with Crippen molar-refractivity contribution in [1.29, 1.82) is 0 Å². The van der Waals surface area contributed by atoms with E-state index in [9.17, 15) is 17.3 Å². The van der Waals surface area contributed by atoms with Crippen LogP contribution in [-0.4, -0.2) is 7.25 Å². The van der Waals surface area contributed by atoms with E-state index in [1.54, 1.807) is 0 Å². The number of hydrogen-bond acceptors (Lipinski definition) is 1. The molecule has 0 saturated heterocycles. The second-order valence-corrected chi connectivity index (χ2v) is 9.72. The predicted molar refractivity (Wildman–Crippen MR) is 171 cm³/mol. The molecule has 44 heavy (non-hydrogen) atoms. The fourth-order valence-electron chi connectivity index (χ4n) is 4.49. The number of hydrogen-bond donors (Lipinski definition) is 0. The first-order valence-electron chi connectivity index (χ1n) is 13.9. The zero-order valence-corrected chi connectivity index (χ0v) is 23.5. The fraction of sp³-hybridized carbons (Fsp3) is 0. The molecule has 0 saturated carbocycles. The molecule has 0 radical (unpaired) electrons. The van der Waals surface area contributed by atoms with Gasteiger partial charge >= 0.3 is 18.8 Å². The molecule has 1 aliphatic heterocycles. The van der Waals surface area contributed by atoms with Crippen molar-refractivity contribution in [1.82, 2.24) is 0 Å². The molecule has 1 aliphatic rings. The van der Waals surface area contributed by atoms with E-state index in [0.717, 1.165) is 56.4 Å². The molecule has 0 atom stereocenters. The summed E-state index contributed by atoms with van der Waals surface area (Å²) in [5.74, 6) is 3.31. The van der Waals surface area contributed by atoms with Crippen LogP contribution < -0.4 is 0 Å². The lowest BCUT2D eigenvalue weighted by atomic mass is 10.0. The van der Waals surface area contributed by atoms with E-state index in [1.165, 1.54) is 0 Å². The van der Waals surface area contributed by atoms with Gasteiger partial charge in [0, 0.05) is 11.1 Å². The molecule has 2 nitrogen and oxygen atoms in total. The van der Waals surface area contributed by atoms with Crippen LogP contribution in [0.4, 0.5) is 17.3 Å². The Hall–Kier alpha value is -5.43. The maximum Gasteiger partial charge on any atom is 0.673 e. The Morgan fingerprint density at radius 2 is 0.886 bits per heavy atom. The lowest BCUT2D eigenvalue weighted by Crippen LogP contribution is -2.02. The zero-order valence-electron chi connectivity index (χ0n) is 23.5. The molecule has 0 N–H and O–H groups in total. The average Bonchev–Trinajstić information content (AvgIpc) is 3.05. The molecule has 0 spiro atoms. The summed E-state index contributed by atoms with van der Waals surface area (Å²) < 4.78 is 51.7. The second kappa shape index (κ2) is 14.2. The molecule has 4 aromatic carbocycles. The Morgan fingerprint density at radius 3 is 1.27 bits per heavy atom. The Morgan fingerprint density at radius 1 is 0.523 bits per heavy atom. The predicted octanol–water partition coefficient (Wildman–Crippen LogP) is 11.2. The summed E-state index contributed by atoms with van der Waals surface area (Å²) in [6.07, 6.45) is 10.5. The van der Waals surface area contributed by atoms with Crippen LogP contribution in [-0.2, 0) is 4.74 Å². The van der Waals surface area contributed by atoms with Gasteiger partial charge in [-0.3, -0.25) is 0 Å². The van der Waals surface area contributed by atoms with E-state index in [4.69, 9.17) is 9.15 Å². The molecule has 0 aliphatic carbocycles. The monoisotopic (exact) mass is 590 g/mol. The third-order valence-electron chi connectivity index (χ3n) is 6.44. The SMILES string of the molecule is C(=Cc1cc(-c2ccccc2)[o+]c(-c2ccccc2)c1)C=C1C=C(c2ccccc2)OC(c2ccccc2)=C1.F[B-](F)(F)F. The summed E-state index contributed by atoms with van der Waals surface area (Å²) in [7, 11) is -6.00. The van der Waals surface area contributed by atoms with E-state index in [0.29, 0.717) is 0 Å². The molecule has 2 heterocycles. The van der Waals surface area contributed by atoms with Crippen molar-refractivity contribution in [3.05, 3.63) is 180 Å². The fourth-order valence-corrected chi connectivity index (χ4v) is 4.49. The highest BCUT2D eigenvalue weighted by molar-refractivity contribution is 6.50. The van der Waals surface area contributed by atoms with Crippen LogP contribution in [0.3, 0.4) is 0 Å². The molecule has 6 rings (SSSR count). The maximum atomic E-state index is 9.75. The third kappa shape index (κ3) is 8.79. The van der Waals surface area contributed by atoms with Crippen molar-refractivity contribution in [2.45, 2.75) is 0 Å². The molecular weight excluding hydrogens is 563 g/mol. The highest BCUT2D eigenvalue weighted by Crippen LogP contribution is 2.33. The van der Waals surface area contributed by atoms with Gasteiger partial charge in [-0.25, -0.2) is 4.42 Å². The first-order chi connectivity index (χ1) is 21.3. The average molecular weight is 590 g/mol. The minimum absolute atomic E-state index is 0.827. The standard InChI is InChI=1S/C37H27O2.BF4/c1-5-16-30(17-6-1)34-24-28(25-35(38-34)31-18-7-2-8-19-31)14-13-15-29-26-36(32-20-9-3-10-21-32)39-37(27-29)33-22-11-4-12-23-33;2-1(3,4)5/h1-27H;/q+1;-1. The second-order valence-electron chi connectivity index (χ2n) is 9.72. The van der Waals surface area contributed by atoms with Crippen molar-refractivity contribution >= 4 is 24.8 Å². The van der Waals surface area contributed by atoms with Crippen LogP contribution >= 0.6 is 0 Å². The molecule has 218 valence electrons. The largest absolute Gasteiger partial charge is 0.673 e. The topological polar surface area (TPSA) is 20.5 Å². The summed E-state index contributed by atoms with van der Waals surface area (Å²) >= 11 is 0. The Labute approximate surface area is 253 Å². The van der Waals surface area contributed by atoms with Crippen molar-refractivity contribution in [3.8, 4) is 22.6 Å². The summed E-state index contributed by atoms with van der Waals surface area (Å²) in [6, 6.07) is 45.0. The van der Waals surface area contributed by atoms with Crippen LogP contribution in [0, 0.1) is 0 Å². The van der Waals surface area contributed by atoms with Gasteiger partial charge in [-0.05, 0) is 47.6 Å². The van der Waals surface area contributed by atoms with Gasteiger partial charge in [-0.2, -0.15) is 0 Å². The van der Waals surface area contributed by atoms with Crippen molar-refractivity contribution in [3.63, 3.8) is 0 Å². The van der Waals surface area contributed by atoms with Crippen molar-refractivity contribution < 1.29 is 26.4 Å². The van der Waals surface area contributed by atoms with Gasteiger partial charge in [0.15, 0.2) is 0 Å². The molecule has 0 bridgehead atoms. The van der Waals surface area contributed by atoms with Crippen LogP contribution in [0.1, 0.15) is 16.7 Å². The van der Waals surface area contributed by atoms with Gasteiger partial charge in [-0.1, -0.05) is 115 Å². The van der Waals surface area contributed by atoms with Crippen LogP contribution in [0.5, 0.6) is 0 Å². The lowest BCUT2D eigenvalue weighted by molar-refractivity contribution is 0.368. The Bertz CT molecular complexity index is 1680. The number of benzene rings is 4. The van der Waals surface area contributed by atoms with Gasteiger partial charge < -0.3 is 22.0 Å². The van der Waals surface area contributed by atoms with Gasteiger partial charge in [0.05, 0.1) is 23.3 Å². The first kappa shape index (κ1) is 30.0. The molecule has 0 fully saturated rings. The van der Waals surface area contributed by atoms with Crippen molar-refractivity contribution in [2.75, 3.05) is 0 Å². The van der Waals surface area contributed by atoms with E-state index >= 15 is 0 Å². The van der Waals surface area contributed by atoms with Gasteiger partial charge in [-0.15, -0.1) is 0 Å². The smallest absolute Gasteiger partial charge is 0.456 e. The molecule has 5 aromatic rings. The highest BCUT2D eigenvalue weighted by Gasteiger charge is 2.21. The zero-order chi connectivity index (χ0) is 30.8. The summed E-state index contributed by atoms with van der Waals surface area (Å²) in [4.78, 5) is 0. The van der Waals surface area contributed by atoms with E-state index in [1.807, 2.05) is 72.8 Å². The summed E-state index contributed by atoms with van der Waals surface area (Å²) in [5, 5.41) is 0. The van der Waals surface area contributed by atoms with Crippen LogP contribution in [0.2, 0.25) is 0 Å². The number of allylic oxidation sites excluding steroid dienone is 5. The third-order valence-corrected chi connectivity index (χ3v) is 6.44. The number of ether oxygens (including phenoxy) is 1. The molecule has 7 heteroatoms. The first-order valence-corrected chi connectivity index (χ1v) is 13.9. The van der Waals surface area contributed by atoms with Crippen LogP contribution in [0.15, 0.2) is 168 Å². The maximum absolute atomic E-state index is 9.75. The molecule has 0 unspecified atom stereocenters. The summed E-state index contributed by atoms with van der Waals surface area (Å²) in [5.41, 5.74) is 6.28. The molecule has 1 aromatic heterocycles. The number of halogens is 4. The van der Waals surface area contributed by atoms with Gasteiger partial charge in [0.1, 0.15) is 11.5 Å². The normalized spacial score (nSPS) is 12.9. The highest BCUT2D eigenvalue weighted by atomic mass is 19.5. The number of rotatable bonds is 6. The molecular formula is C37H27BF4O2. The van der Waals surface area contributed by atoms with E-state index in [-0.39, 0.29) is 0 Å². The molecule has 0 amide bonds. The van der Waals surface area contributed by atoms with E-state index in [2.05, 4.69) is 91.0 Å².